The van der Waals surface area contributed by atoms with E-state index in [4.69, 9.17) is 28.9 Å². The number of benzene rings is 3. The van der Waals surface area contributed by atoms with Gasteiger partial charge in [-0.25, -0.2) is 18.6 Å². The average molecular weight is 1270 g/mol. The summed E-state index contributed by atoms with van der Waals surface area (Å²) in [6.07, 6.45) is 3.39. The van der Waals surface area contributed by atoms with E-state index in [0.29, 0.717) is 100.0 Å². The minimum Gasteiger partial charge on any atom is -0.508 e. The number of piperidine rings is 1. The molecule has 0 radical (unpaired) electrons. The van der Waals surface area contributed by atoms with Gasteiger partial charge >= 0.3 is 12.1 Å². The number of aliphatic hydroxyl groups excluding tert-OH is 1. The lowest BCUT2D eigenvalue weighted by molar-refractivity contribution is -0.141. The summed E-state index contributed by atoms with van der Waals surface area (Å²) in [5, 5.41) is 31.3. The van der Waals surface area contributed by atoms with Crippen molar-refractivity contribution in [3.63, 3.8) is 0 Å². The number of aryl methyl sites for hydroxylation is 2. The number of anilines is 2. The van der Waals surface area contributed by atoms with Crippen LogP contribution in [0.1, 0.15) is 122 Å². The third-order valence-corrected chi connectivity index (χ3v) is 20.0. The van der Waals surface area contributed by atoms with Gasteiger partial charge in [-0.05, 0) is 119 Å². The smallest absolute Gasteiger partial charge is 0.410 e. The lowest BCUT2D eigenvalue weighted by atomic mass is 9.91. The van der Waals surface area contributed by atoms with Crippen molar-refractivity contribution < 1.29 is 47.4 Å². The molecular formula is C68H84F2N12O8S. The highest BCUT2D eigenvalue weighted by Gasteiger charge is 2.47. The van der Waals surface area contributed by atoms with E-state index in [1.54, 1.807) is 29.7 Å². The van der Waals surface area contributed by atoms with Crippen LogP contribution in [0, 0.1) is 18.7 Å². The van der Waals surface area contributed by atoms with Gasteiger partial charge in [0.05, 0.1) is 45.7 Å². The number of halogens is 2. The largest absolute Gasteiger partial charge is 0.508 e. The Balaban J connectivity index is 0.667. The predicted octanol–water partition coefficient (Wildman–Crippen LogP) is 10.2. The Kier molecular flexibility index (Phi) is 18.0. The molecule has 484 valence electrons. The zero-order valence-corrected chi connectivity index (χ0v) is 54.3. The van der Waals surface area contributed by atoms with Crippen LogP contribution < -0.4 is 19.9 Å². The molecular weight excluding hydrogens is 1180 g/mol. The van der Waals surface area contributed by atoms with Gasteiger partial charge in [0, 0.05) is 95.7 Å². The molecule has 0 saturated carbocycles. The van der Waals surface area contributed by atoms with Gasteiger partial charge in [-0.1, -0.05) is 68.4 Å². The van der Waals surface area contributed by atoms with E-state index in [1.165, 1.54) is 4.90 Å². The number of likely N-dealkylation sites (tertiary alicyclic amines) is 2. The van der Waals surface area contributed by atoms with Gasteiger partial charge in [0.2, 0.25) is 11.8 Å². The maximum absolute atomic E-state index is 17.4. The molecule has 5 aliphatic heterocycles. The van der Waals surface area contributed by atoms with Crippen molar-refractivity contribution in [2.75, 3.05) is 81.9 Å². The van der Waals surface area contributed by atoms with E-state index in [9.17, 15) is 24.6 Å². The van der Waals surface area contributed by atoms with Gasteiger partial charge in [-0.15, -0.1) is 11.3 Å². The van der Waals surface area contributed by atoms with Crippen molar-refractivity contribution in [1.82, 2.24) is 50.0 Å². The molecule has 20 nitrogen and oxygen atoms in total. The molecule has 3 N–H and O–H groups in total. The van der Waals surface area contributed by atoms with Gasteiger partial charge in [0.1, 0.15) is 52.6 Å². The third kappa shape index (κ3) is 13.3. The lowest BCUT2D eigenvalue weighted by Gasteiger charge is -2.44. The minimum atomic E-state index is -1.42. The van der Waals surface area contributed by atoms with Crippen molar-refractivity contribution in [3.05, 3.63) is 101 Å². The van der Waals surface area contributed by atoms with E-state index in [2.05, 4.69) is 42.0 Å². The van der Waals surface area contributed by atoms with Crippen LogP contribution in [0.15, 0.2) is 76.9 Å². The molecule has 3 amide bonds. The molecule has 7 aromatic rings. The highest BCUT2D eigenvalue weighted by atomic mass is 32.1. The van der Waals surface area contributed by atoms with Gasteiger partial charge in [0.25, 0.3) is 0 Å². The summed E-state index contributed by atoms with van der Waals surface area (Å²) in [7, 11) is 0. The van der Waals surface area contributed by atoms with Crippen molar-refractivity contribution in [1.29, 1.82) is 0 Å². The first-order valence-electron chi connectivity index (χ1n) is 32.2. The number of β-amino-alcohol motifs (C(OH)–C–C–N with tert-alkyl or cyclic N) is 1. The quantitative estimate of drug-likeness (QED) is 0.0772. The Bertz CT molecular complexity index is 3800. The van der Waals surface area contributed by atoms with E-state index in [0.717, 1.165) is 50.9 Å². The van der Waals surface area contributed by atoms with Crippen LogP contribution in [-0.4, -0.2) is 186 Å². The van der Waals surface area contributed by atoms with Gasteiger partial charge in [-0.2, -0.15) is 9.97 Å². The van der Waals surface area contributed by atoms with Crippen LogP contribution >= 0.6 is 11.3 Å². The van der Waals surface area contributed by atoms with Crippen molar-refractivity contribution in [3.8, 4) is 33.5 Å². The van der Waals surface area contributed by atoms with Crippen molar-refractivity contribution in [2.45, 2.75) is 154 Å². The summed E-state index contributed by atoms with van der Waals surface area (Å²) >= 11 is 1.58. The first-order chi connectivity index (χ1) is 43.5. The number of phenols is 1. The van der Waals surface area contributed by atoms with E-state index >= 15 is 8.78 Å². The summed E-state index contributed by atoms with van der Waals surface area (Å²) in [6.45, 7) is 22.0. The number of aromatic nitrogens is 5. The topological polar surface area (TPSA) is 219 Å². The Labute approximate surface area is 533 Å². The average Bonchev–Trinajstić information content (AvgIpc) is 1.53. The summed E-state index contributed by atoms with van der Waals surface area (Å²) in [5.41, 5.74) is 4.17. The zero-order chi connectivity index (χ0) is 64.2. The number of nitrogens with zero attached hydrogens (tertiary/aromatic N) is 11. The molecule has 7 atom stereocenters. The number of phenolic OH excluding ortho intramolecular Hbond substituents is 1. The number of amides is 3. The normalized spacial score (nSPS) is 22.1. The number of aliphatic hydroxyl groups is 1. The number of hydrogen-bond donors (Lipinski definition) is 3. The summed E-state index contributed by atoms with van der Waals surface area (Å²) < 4.78 is 52.5. The monoisotopic (exact) mass is 1270 g/mol. The molecule has 5 saturated heterocycles. The minimum absolute atomic E-state index is 0.0135. The number of rotatable bonds is 17. The SMILES string of the molecule is CCc1cccc2cc(O)cc(-c3ncc4c(N5CC6CCC(C5)N6C(=O)OC(C)(C)C)nc(OCCN5CCC(F)(CN6CCN(c7cc([C@@H](C(=O)N8C[C@H](O)C[C@H]8C(=O)N[C@@H](C)c8ccc(-c9scnc9C)cc8)C(C)C)on7)[C@@H](C)C6)CC5)nc4c3F)c12. The Morgan fingerprint density at radius 1 is 0.934 bits per heavy atom. The number of aromatic hydroxyl groups is 1. The Morgan fingerprint density at radius 2 is 1.68 bits per heavy atom. The first kappa shape index (κ1) is 63.5. The fourth-order valence-corrected chi connectivity index (χ4v) is 15.2. The molecule has 4 aromatic heterocycles. The molecule has 5 fully saturated rings. The van der Waals surface area contributed by atoms with E-state index < -0.39 is 35.2 Å². The lowest BCUT2D eigenvalue weighted by Crippen LogP contribution is -2.57. The van der Waals surface area contributed by atoms with Crippen molar-refractivity contribution in [2.24, 2.45) is 5.92 Å². The van der Waals surface area contributed by atoms with Crippen LogP contribution in [0.4, 0.5) is 25.2 Å². The molecule has 0 spiro atoms. The highest BCUT2D eigenvalue weighted by molar-refractivity contribution is 7.13. The summed E-state index contributed by atoms with van der Waals surface area (Å²) in [6, 6.07) is 17.2. The van der Waals surface area contributed by atoms with Gasteiger partial charge < -0.3 is 44.2 Å². The second-order valence-corrected chi connectivity index (χ2v) is 27.9. The summed E-state index contributed by atoms with van der Waals surface area (Å²) in [4.78, 5) is 73.6. The number of carbonyl (C=O) groups excluding carboxylic acids is 3. The number of pyridine rings is 1. The first-order valence-corrected chi connectivity index (χ1v) is 33.1. The Hall–Kier alpha value is -7.60. The standard InChI is InChI=1S/C68H84F2N12O8S/c1-10-43-12-11-13-46-28-49(83)29-51(57(43)46)59-58(69)60-52(32-71-59)62(79-34-47-18-19-48(35-79)82(47)66(87)89-67(7,8)9)75-65(74-60)88-27-26-77-22-20-68(70,21-23-77)37-78-24-25-80(40(4)33-78)55-31-54(90-76-55)56(39(2)3)64(86)81-36-50(84)30-53(81)63(85)73-41(5)44-14-16-45(17-15-44)61-42(6)72-38-91-61/h11-17,28-29,31-32,38-41,47-48,50,53,56,83-84H,10,18-27,30,33-37H2,1-9H3,(H,73,85)/t40-,41-,47?,48?,50+,53-,56-/m0/s1. The van der Waals surface area contributed by atoms with Crippen LogP contribution in [0.5, 0.6) is 11.8 Å². The highest BCUT2D eigenvalue weighted by Crippen LogP contribution is 2.42. The maximum Gasteiger partial charge on any atom is 0.410 e. The van der Waals surface area contributed by atoms with Crippen molar-refractivity contribution >= 4 is 62.6 Å². The number of carbonyl (C=O) groups is 3. The van der Waals surface area contributed by atoms with Gasteiger partial charge in [-0.3, -0.25) is 29.3 Å². The van der Waals surface area contributed by atoms with Gasteiger partial charge in [0.15, 0.2) is 17.4 Å². The molecule has 0 aliphatic carbocycles. The van der Waals surface area contributed by atoms with Crippen LogP contribution in [0.25, 0.3) is 43.4 Å². The molecule has 2 unspecified atom stereocenters. The number of piperazine rings is 2. The number of thiazole rings is 1. The van der Waals surface area contributed by atoms with Crippen LogP contribution in [-0.2, 0) is 20.7 Å². The molecule has 12 rings (SSSR count). The molecule has 3 aromatic carbocycles. The van der Waals surface area contributed by atoms with E-state index in [1.807, 2.05) is 114 Å². The fourth-order valence-electron chi connectivity index (χ4n) is 14.4. The molecule has 2 bridgehead atoms. The summed E-state index contributed by atoms with van der Waals surface area (Å²) in [5.74, 6) is -0.889. The second-order valence-electron chi connectivity index (χ2n) is 27.0. The number of nitrogens with one attached hydrogen (secondary N) is 1. The second kappa shape index (κ2) is 25.8. The number of fused-ring (bicyclic) bond motifs is 4. The molecule has 23 heteroatoms. The van der Waals surface area contributed by atoms with Crippen LogP contribution in [0.3, 0.4) is 0 Å². The number of hydrogen-bond acceptors (Lipinski definition) is 18. The number of ether oxygens (including phenoxy) is 2. The molecule has 5 aliphatic rings. The molecule has 91 heavy (non-hydrogen) atoms. The Morgan fingerprint density at radius 3 is 2.36 bits per heavy atom. The molecule has 9 heterocycles. The zero-order valence-electron chi connectivity index (χ0n) is 53.5. The fraction of sp³-hybridized carbons (Fsp3) is 0.529. The number of alkyl halides is 1. The van der Waals surface area contributed by atoms with Crippen LogP contribution in [0.2, 0.25) is 0 Å². The van der Waals surface area contributed by atoms with E-state index in [-0.39, 0.29) is 97.1 Å². The predicted molar refractivity (Wildman–Crippen MR) is 346 cm³/mol. The third-order valence-electron chi connectivity index (χ3n) is 19.0. The maximum atomic E-state index is 17.4.